The predicted molar refractivity (Wildman–Crippen MR) is 266 cm³/mol. The van der Waals surface area contributed by atoms with Gasteiger partial charge in [0, 0.05) is 16.7 Å². The third-order valence-corrected chi connectivity index (χ3v) is 13.6. The zero-order chi connectivity index (χ0) is 42.9. The van der Waals surface area contributed by atoms with E-state index in [2.05, 4.69) is 200 Å². The second-order valence-corrected chi connectivity index (χ2v) is 17.1. The van der Waals surface area contributed by atoms with Crippen LogP contribution in [0.2, 0.25) is 0 Å². The maximum atomic E-state index is 5.06. The normalized spacial score (nSPS) is 12.7. The molecule has 3 heteroatoms. The molecule has 11 aromatic rings. The molecule has 302 valence electrons. The molecular weight excluding hydrogens is 787 g/mol. The Balaban J connectivity index is 0.891. The summed E-state index contributed by atoms with van der Waals surface area (Å²) >= 11 is 0. The molecule has 2 aliphatic rings. The van der Waals surface area contributed by atoms with Crippen LogP contribution in [0.4, 0.5) is 0 Å². The van der Waals surface area contributed by atoms with E-state index in [0.717, 1.165) is 33.4 Å². The fourth-order valence-corrected chi connectivity index (χ4v) is 10.6. The van der Waals surface area contributed by atoms with Crippen LogP contribution in [0.5, 0.6) is 0 Å². The summed E-state index contributed by atoms with van der Waals surface area (Å²) < 4.78 is 0. The van der Waals surface area contributed by atoms with Gasteiger partial charge in [0.15, 0.2) is 17.5 Å². The monoisotopic (exact) mass is 825 g/mol. The van der Waals surface area contributed by atoms with Gasteiger partial charge in [-0.05, 0) is 101 Å². The molecule has 0 saturated heterocycles. The predicted octanol–water partition coefficient (Wildman–Crippen LogP) is 15.4. The Bertz CT molecular complexity index is 3580. The summed E-state index contributed by atoms with van der Waals surface area (Å²) in [6.07, 6.45) is 0. The number of fused-ring (bicyclic) bond motifs is 9. The first-order valence-corrected chi connectivity index (χ1v) is 22.3. The molecule has 0 radical (unpaired) electrons. The van der Waals surface area contributed by atoms with Crippen molar-refractivity contribution in [2.45, 2.75) is 5.41 Å². The van der Waals surface area contributed by atoms with E-state index in [9.17, 15) is 0 Å². The average molecular weight is 826 g/mol. The fraction of sp³-hybridized carbons (Fsp3) is 0.0161. The molecule has 10 aromatic carbocycles. The second kappa shape index (κ2) is 14.8. The summed E-state index contributed by atoms with van der Waals surface area (Å²) in [5, 5.41) is 2.62. The number of hydrogen-bond donors (Lipinski definition) is 0. The molecule has 0 unspecified atom stereocenters. The Morgan fingerprint density at radius 2 is 0.600 bits per heavy atom. The lowest BCUT2D eigenvalue weighted by Gasteiger charge is -2.40. The van der Waals surface area contributed by atoms with Crippen LogP contribution in [0, 0.1) is 0 Å². The number of nitrogens with zero attached hydrogens (tertiary/aromatic N) is 3. The minimum Gasteiger partial charge on any atom is -0.208 e. The van der Waals surface area contributed by atoms with Crippen molar-refractivity contribution in [3.63, 3.8) is 0 Å². The Kier molecular flexibility index (Phi) is 8.44. The summed E-state index contributed by atoms with van der Waals surface area (Å²) in [4.78, 5) is 15.1. The molecular formula is C62H39N3. The summed E-state index contributed by atoms with van der Waals surface area (Å²) in [6.45, 7) is 0. The minimum atomic E-state index is -0.458. The molecule has 1 spiro atoms. The number of aromatic nitrogens is 3. The Morgan fingerprint density at radius 1 is 0.231 bits per heavy atom. The number of benzene rings is 10. The zero-order valence-corrected chi connectivity index (χ0v) is 35.4. The molecule has 3 nitrogen and oxygen atoms in total. The molecule has 65 heavy (non-hydrogen) atoms. The first-order chi connectivity index (χ1) is 32.2. The lowest BCUT2D eigenvalue weighted by molar-refractivity contribution is 0.774. The molecule has 0 fully saturated rings. The van der Waals surface area contributed by atoms with Crippen molar-refractivity contribution >= 4 is 10.8 Å². The maximum absolute atomic E-state index is 5.06. The van der Waals surface area contributed by atoms with Gasteiger partial charge in [0.05, 0.1) is 5.41 Å². The van der Waals surface area contributed by atoms with E-state index in [0.29, 0.717) is 17.5 Å². The largest absolute Gasteiger partial charge is 0.208 e. The van der Waals surface area contributed by atoms with E-state index in [1.54, 1.807) is 0 Å². The summed E-state index contributed by atoms with van der Waals surface area (Å²) in [7, 11) is 0. The molecule has 0 saturated carbocycles. The van der Waals surface area contributed by atoms with E-state index < -0.39 is 5.41 Å². The van der Waals surface area contributed by atoms with Crippen molar-refractivity contribution in [2.24, 2.45) is 0 Å². The zero-order valence-electron chi connectivity index (χ0n) is 35.4. The third kappa shape index (κ3) is 5.86. The SMILES string of the molecule is c1ccc(-c2ccc(-c3nc(-c4ccccc4)nc(-c4ccc(-c5cccc(-c6ccc7c(c6)C6(c8ccccc8-c8ccccc86)c6cccc8cccc-7c68)c5)cc4)n3)cc2)cc1. The first kappa shape index (κ1) is 37.1. The van der Waals surface area contributed by atoms with Crippen LogP contribution in [0.3, 0.4) is 0 Å². The van der Waals surface area contributed by atoms with Crippen LogP contribution in [0.25, 0.3) is 101 Å². The smallest absolute Gasteiger partial charge is 0.164 e. The van der Waals surface area contributed by atoms with Gasteiger partial charge in [-0.15, -0.1) is 0 Å². The van der Waals surface area contributed by atoms with E-state index >= 15 is 0 Å². The van der Waals surface area contributed by atoms with Crippen molar-refractivity contribution in [2.75, 3.05) is 0 Å². The topological polar surface area (TPSA) is 38.7 Å². The van der Waals surface area contributed by atoms with Gasteiger partial charge in [-0.25, -0.2) is 15.0 Å². The number of rotatable bonds is 6. The molecule has 1 aromatic heterocycles. The molecule has 0 bridgehead atoms. The van der Waals surface area contributed by atoms with Crippen molar-refractivity contribution in [3.05, 3.63) is 259 Å². The van der Waals surface area contributed by atoms with Crippen LogP contribution >= 0.6 is 0 Å². The van der Waals surface area contributed by atoms with Gasteiger partial charge in [0.25, 0.3) is 0 Å². The standard InChI is InChI=1S/C62H39N3/c1-3-14-40(15-4-1)41-28-32-45(33-29-41)60-63-59(44-16-5-2-6-17-44)64-61(65-60)46-34-30-42(31-35-46)47-20-11-21-48(38-47)49-36-37-52-53-24-12-18-43-19-13-27-56(58(43)53)62(57(52)39-49)54-25-9-7-22-50(54)51-23-8-10-26-55(51)62/h1-39H. The van der Waals surface area contributed by atoms with Gasteiger partial charge in [0.1, 0.15) is 0 Å². The molecule has 0 amide bonds. The summed E-state index contributed by atoms with van der Waals surface area (Å²) in [5.74, 6) is 1.92. The molecule has 0 N–H and O–H groups in total. The Morgan fingerprint density at radius 3 is 1.22 bits per heavy atom. The average Bonchev–Trinajstić information content (AvgIpc) is 3.69. The van der Waals surface area contributed by atoms with E-state index in [-0.39, 0.29) is 0 Å². The second-order valence-electron chi connectivity index (χ2n) is 17.1. The highest BCUT2D eigenvalue weighted by atomic mass is 15.0. The fourth-order valence-electron chi connectivity index (χ4n) is 10.6. The van der Waals surface area contributed by atoms with Gasteiger partial charge in [-0.2, -0.15) is 0 Å². The highest BCUT2D eigenvalue weighted by Gasteiger charge is 2.50. The minimum absolute atomic E-state index is 0.458. The van der Waals surface area contributed by atoms with Crippen molar-refractivity contribution in [3.8, 4) is 89.8 Å². The maximum Gasteiger partial charge on any atom is 0.164 e. The van der Waals surface area contributed by atoms with Gasteiger partial charge >= 0.3 is 0 Å². The lowest BCUT2D eigenvalue weighted by atomic mass is 9.61. The van der Waals surface area contributed by atoms with Gasteiger partial charge in [-0.3, -0.25) is 0 Å². The third-order valence-electron chi connectivity index (χ3n) is 13.6. The van der Waals surface area contributed by atoms with Crippen LogP contribution in [-0.2, 0) is 5.41 Å². The Labute approximate surface area is 378 Å². The Hall–Kier alpha value is -8.53. The number of hydrogen-bond acceptors (Lipinski definition) is 3. The lowest BCUT2D eigenvalue weighted by Crippen LogP contribution is -2.31. The van der Waals surface area contributed by atoms with Crippen LogP contribution in [0.15, 0.2) is 237 Å². The molecule has 0 atom stereocenters. The molecule has 2 aliphatic carbocycles. The van der Waals surface area contributed by atoms with E-state index in [4.69, 9.17) is 15.0 Å². The molecule has 1 heterocycles. The van der Waals surface area contributed by atoms with Crippen molar-refractivity contribution < 1.29 is 0 Å². The first-order valence-electron chi connectivity index (χ1n) is 22.3. The molecule has 0 aliphatic heterocycles. The van der Waals surface area contributed by atoms with Crippen LogP contribution in [0.1, 0.15) is 22.3 Å². The van der Waals surface area contributed by atoms with Gasteiger partial charge < -0.3 is 0 Å². The summed E-state index contributed by atoms with van der Waals surface area (Å²) in [6, 6.07) is 85.4. The van der Waals surface area contributed by atoms with E-state index in [1.807, 2.05) is 36.4 Å². The van der Waals surface area contributed by atoms with Crippen LogP contribution < -0.4 is 0 Å². The van der Waals surface area contributed by atoms with E-state index in [1.165, 1.54) is 72.0 Å². The van der Waals surface area contributed by atoms with Crippen molar-refractivity contribution in [1.29, 1.82) is 0 Å². The van der Waals surface area contributed by atoms with Crippen LogP contribution in [-0.4, -0.2) is 15.0 Å². The molecule has 13 rings (SSSR count). The van der Waals surface area contributed by atoms with Gasteiger partial charge in [0.2, 0.25) is 0 Å². The highest BCUT2D eigenvalue weighted by Crippen LogP contribution is 2.62. The quantitative estimate of drug-likeness (QED) is 0.168. The summed E-state index contributed by atoms with van der Waals surface area (Å²) in [5.41, 5.74) is 19.9. The van der Waals surface area contributed by atoms with Crippen molar-refractivity contribution in [1.82, 2.24) is 15.0 Å². The highest BCUT2D eigenvalue weighted by molar-refractivity contribution is 6.07. The van der Waals surface area contributed by atoms with Gasteiger partial charge in [-0.1, -0.05) is 224 Å².